The van der Waals surface area contributed by atoms with Gasteiger partial charge in [0.1, 0.15) is 5.82 Å². The van der Waals surface area contributed by atoms with Crippen LogP contribution in [0.4, 0.5) is 17.6 Å². The van der Waals surface area contributed by atoms with Crippen LogP contribution in [0, 0.1) is 5.82 Å². The minimum atomic E-state index is -4.67. The number of benzene rings is 1. The van der Waals surface area contributed by atoms with Crippen LogP contribution in [-0.4, -0.2) is 0 Å². The lowest BCUT2D eigenvalue weighted by molar-refractivity contribution is -0.140. The van der Waals surface area contributed by atoms with Gasteiger partial charge in [-0.15, -0.1) is 0 Å². The molecule has 0 radical (unpaired) electrons. The molecular weight excluding hydrogens is 344 g/mol. The van der Waals surface area contributed by atoms with E-state index >= 15 is 0 Å². The first-order valence-corrected chi connectivity index (χ1v) is 7.25. The molecule has 0 amide bonds. The van der Waals surface area contributed by atoms with Gasteiger partial charge in [0, 0.05) is 4.83 Å². The van der Waals surface area contributed by atoms with Gasteiger partial charge >= 0.3 is 6.18 Å². The van der Waals surface area contributed by atoms with E-state index in [1.165, 1.54) is 17.4 Å². The van der Waals surface area contributed by atoms with Gasteiger partial charge in [-0.3, -0.25) is 0 Å². The van der Waals surface area contributed by atoms with E-state index in [1.54, 1.807) is 0 Å². The maximum absolute atomic E-state index is 13.2. The van der Waals surface area contributed by atoms with Crippen molar-refractivity contribution in [3.63, 3.8) is 0 Å². The van der Waals surface area contributed by atoms with Crippen LogP contribution in [0.25, 0.3) is 0 Å². The molecule has 0 spiro atoms. The second kappa shape index (κ2) is 5.63. The summed E-state index contributed by atoms with van der Waals surface area (Å²) < 4.78 is 51.0. The monoisotopic (exact) mass is 352 g/mol. The van der Waals surface area contributed by atoms with E-state index in [0.717, 1.165) is 17.7 Å². The molecule has 19 heavy (non-hydrogen) atoms. The summed E-state index contributed by atoms with van der Waals surface area (Å²) in [5.41, 5.74) is 0.226. The van der Waals surface area contributed by atoms with Gasteiger partial charge in [-0.05, 0) is 46.5 Å². The first-order valence-electron chi connectivity index (χ1n) is 5.39. The summed E-state index contributed by atoms with van der Waals surface area (Å²) in [6, 6.07) is 5.00. The van der Waals surface area contributed by atoms with E-state index in [4.69, 9.17) is 0 Å². The first kappa shape index (κ1) is 14.5. The van der Waals surface area contributed by atoms with Crippen molar-refractivity contribution in [2.45, 2.75) is 17.4 Å². The molecule has 0 bridgehead atoms. The number of alkyl halides is 4. The molecule has 102 valence electrons. The highest BCUT2D eigenvalue weighted by Crippen LogP contribution is 2.35. The minimum Gasteiger partial charge on any atom is -0.206 e. The van der Waals surface area contributed by atoms with Crippen molar-refractivity contribution < 1.29 is 17.6 Å². The fourth-order valence-electron chi connectivity index (χ4n) is 1.69. The molecular formula is C13H9BrF4S. The molecule has 1 aromatic heterocycles. The first-order chi connectivity index (χ1) is 8.88. The Morgan fingerprint density at radius 2 is 1.95 bits per heavy atom. The van der Waals surface area contributed by atoms with Gasteiger partial charge in [0.25, 0.3) is 0 Å². The van der Waals surface area contributed by atoms with Gasteiger partial charge < -0.3 is 0 Å². The van der Waals surface area contributed by atoms with E-state index in [-0.39, 0.29) is 4.83 Å². The second-order valence-corrected chi connectivity index (χ2v) is 5.93. The summed E-state index contributed by atoms with van der Waals surface area (Å²) in [7, 11) is 0. The van der Waals surface area contributed by atoms with Crippen LogP contribution >= 0.6 is 27.3 Å². The number of rotatable bonds is 3. The fraction of sp³-hybridized carbons (Fsp3) is 0.231. The van der Waals surface area contributed by atoms with E-state index in [1.807, 2.05) is 16.8 Å². The number of hydrogen-bond donors (Lipinski definition) is 0. The summed E-state index contributed by atoms with van der Waals surface area (Å²) in [5.74, 6) is -1.24. The lowest BCUT2D eigenvalue weighted by Crippen LogP contribution is -2.09. The molecule has 0 saturated heterocycles. The molecule has 0 aliphatic heterocycles. The fourth-order valence-corrected chi connectivity index (χ4v) is 3.03. The van der Waals surface area contributed by atoms with Crippen LogP contribution in [-0.2, 0) is 12.6 Å². The molecule has 1 aromatic carbocycles. The maximum Gasteiger partial charge on any atom is 0.419 e. The van der Waals surface area contributed by atoms with Crippen LogP contribution < -0.4 is 0 Å². The van der Waals surface area contributed by atoms with Crippen LogP contribution in [0.3, 0.4) is 0 Å². The minimum absolute atomic E-state index is 0.274. The zero-order valence-corrected chi connectivity index (χ0v) is 11.9. The van der Waals surface area contributed by atoms with E-state index in [0.29, 0.717) is 12.0 Å². The van der Waals surface area contributed by atoms with E-state index < -0.39 is 17.6 Å². The van der Waals surface area contributed by atoms with Crippen molar-refractivity contribution in [1.29, 1.82) is 0 Å². The molecule has 6 heteroatoms. The summed E-state index contributed by atoms with van der Waals surface area (Å²) in [5, 5.41) is 3.84. The van der Waals surface area contributed by atoms with Gasteiger partial charge in [-0.2, -0.15) is 24.5 Å². The molecule has 0 aliphatic carbocycles. The lowest BCUT2D eigenvalue weighted by atomic mass is 10.0. The average Bonchev–Trinajstić information content (AvgIpc) is 2.80. The third-order valence-corrected chi connectivity index (χ3v) is 4.24. The van der Waals surface area contributed by atoms with Gasteiger partial charge in [0.2, 0.25) is 0 Å². The Morgan fingerprint density at radius 3 is 2.53 bits per heavy atom. The summed E-state index contributed by atoms with van der Waals surface area (Å²) in [6.45, 7) is 0. The predicted molar refractivity (Wildman–Crippen MR) is 71.1 cm³/mol. The molecule has 1 atom stereocenters. The molecule has 0 saturated carbocycles. The maximum atomic E-state index is 13.2. The van der Waals surface area contributed by atoms with Crippen LogP contribution in [0.15, 0.2) is 35.0 Å². The summed E-state index contributed by atoms with van der Waals surface area (Å²) in [6.07, 6.45) is -4.11. The average molecular weight is 353 g/mol. The number of halogens is 5. The predicted octanol–water partition coefficient (Wildman–Crippen LogP) is 5.58. The summed E-state index contributed by atoms with van der Waals surface area (Å²) in [4.78, 5) is -0.274. The summed E-state index contributed by atoms with van der Waals surface area (Å²) >= 11 is 4.87. The number of hydrogen-bond acceptors (Lipinski definition) is 1. The Bertz CT molecular complexity index is 548. The van der Waals surface area contributed by atoms with Crippen molar-refractivity contribution in [3.8, 4) is 0 Å². The third-order valence-electron chi connectivity index (χ3n) is 2.65. The highest BCUT2D eigenvalue weighted by molar-refractivity contribution is 9.09. The second-order valence-electron chi connectivity index (χ2n) is 4.04. The van der Waals surface area contributed by atoms with Crippen LogP contribution in [0.5, 0.6) is 0 Å². The normalized spacial score (nSPS) is 13.5. The Morgan fingerprint density at radius 1 is 1.21 bits per heavy atom. The van der Waals surface area contributed by atoms with Crippen molar-refractivity contribution in [2.75, 3.05) is 0 Å². The molecule has 0 fully saturated rings. The van der Waals surface area contributed by atoms with Gasteiger partial charge in [0.05, 0.1) is 5.56 Å². The van der Waals surface area contributed by atoms with Crippen molar-refractivity contribution in [2.24, 2.45) is 0 Å². The Kier molecular flexibility index (Phi) is 4.30. The van der Waals surface area contributed by atoms with Crippen molar-refractivity contribution in [3.05, 3.63) is 57.5 Å². The quantitative estimate of drug-likeness (QED) is 0.499. The third kappa shape index (κ3) is 3.57. The van der Waals surface area contributed by atoms with Crippen molar-refractivity contribution >= 4 is 27.3 Å². The van der Waals surface area contributed by atoms with Crippen LogP contribution in [0.1, 0.15) is 21.5 Å². The Balaban J connectivity index is 2.25. The molecule has 1 unspecified atom stereocenters. The van der Waals surface area contributed by atoms with E-state index in [2.05, 4.69) is 15.9 Å². The Hall–Kier alpha value is -0.880. The van der Waals surface area contributed by atoms with Crippen molar-refractivity contribution in [1.82, 2.24) is 0 Å². The Labute approximate surface area is 120 Å². The standard InChI is InChI=1S/C13H9BrF4S/c14-11(5-8-3-4-19-7-8)9-1-2-12(15)10(6-9)13(16,17)18/h1-4,6-7,11H,5H2. The number of thiophene rings is 1. The van der Waals surface area contributed by atoms with Gasteiger partial charge in [-0.25, -0.2) is 4.39 Å². The van der Waals surface area contributed by atoms with Crippen LogP contribution in [0.2, 0.25) is 0 Å². The molecule has 0 nitrogen and oxygen atoms in total. The molecule has 2 aromatic rings. The molecule has 0 aliphatic rings. The van der Waals surface area contributed by atoms with E-state index in [9.17, 15) is 17.6 Å². The highest BCUT2D eigenvalue weighted by atomic mass is 79.9. The molecule has 2 rings (SSSR count). The molecule has 1 heterocycles. The zero-order valence-electron chi connectivity index (χ0n) is 9.55. The highest BCUT2D eigenvalue weighted by Gasteiger charge is 2.34. The van der Waals surface area contributed by atoms with Gasteiger partial charge in [-0.1, -0.05) is 22.0 Å². The lowest BCUT2D eigenvalue weighted by Gasteiger charge is -2.13. The zero-order chi connectivity index (χ0) is 14.0. The van der Waals surface area contributed by atoms with Gasteiger partial charge in [0.15, 0.2) is 0 Å². The molecule has 0 N–H and O–H groups in total. The smallest absolute Gasteiger partial charge is 0.206 e. The SMILES string of the molecule is Fc1ccc(C(Br)Cc2ccsc2)cc1C(F)(F)F. The topological polar surface area (TPSA) is 0 Å². The largest absolute Gasteiger partial charge is 0.419 e.